The summed E-state index contributed by atoms with van der Waals surface area (Å²) in [5, 5.41) is 12.2. The molecule has 0 aliphatic heterocycles. The van der Waals surface area contributed by atoms with Gasteiger partial charge in [-0.2, -0.15) is 11.8 Å². The zero-order chi connectivity index (χ0) is 9.45. The molecule has 0 bridgehead atoms. The SMILES string of the molecule is CCCCSCC(C)(CO)NC. The van der Waals surface area contributed by atoms with E-state index in [4.69, 9.17) is 5.11 Å². The zero-order valence-electron chi connectivity index (χ0n) is 8.39. The number of unbranched alkanes of at least 4 members (excludes halogenated alkanes) is 1. The number of nitrogens with one attached hydrogen (secondary N) is 1. The Labute approximate surface area is 80.1 Å². The van der Waals surface area contributed by atoms with Gasteiger partial charge in [-0.15, -0.1) is 0 Å². The summed E-state index contributed by atoms with van der Waals surface area (Å²) in [5.74, 6) is 2.19. The molecule has 0 saturated heterocycles. The van der Waals surface area contributed by atoms with E-state index in [1.165, 1.54) is 18.6 Å². The number of thioether (sulfide) groups is 1. The van der Waals surface area contributed by atoms with Crippen LogP contribution in [0.25, 0.3) is 0 Å². The maximum Gasteiger partial charge on any atom is 0.0618 e. The van der Waals surface area contributed by atoms with Crippen LogP contribution >= 0.6 is 11.8 Å². The molecule has 1 atom stereocenters. The Balaban J connectivity index is 3.45. The molecule has 12 heavy (non-hydrogen) atoms. The minimum atomic E-state index is -0.0988. The van der Waals surface area contributed by atoms with Gasteiger partial charge in [-0.3, -0.25) is 0 Å². The zero-order valence-corrected chi connectivity index (χ0v) is 9.21. The van der Waals surface area contributed by atoms with Gasteiger partial charge in [0.05, 0.1) is 6.61 Å². The second kappa shape index (κ2) is 6.75. The quantitative estimate of drug-likeness (QED) is 0.598. The normalized spacial score (nSPS) is 16.0. The predicted octanol–water partition coefficient (Wildman–Crippen LogP) is 1.49. The fourth-order valence-corrected chi connectivity index (χ4v) is 2.06. The van der Waals surface area contributed by atoms with Gasteiger partial charge < -0.3 is 10.4 Å². The minimum Gasteiger partial charge on any atom is -0.394 e. The molecule has 0 amide bonds. The highest BCUT2D eigenvalue weighted by atomic mass is 32.2. The molecule has 0 fully saturated rings. The van der Waals surface area contributed by atoms with Crippen molar-refractivity contribution in [1.82, 2.24) is 5.32 Å². The van der Waals surface area contributed by atoms with Crippen LogP contribution < -0.4 is 5.32 Å². The molecule has 0 radical (unpaired) electrons. The fourth-order valence-electron chi connectivity index (χ4n) is 0.741. The van der Waals surface area contributed by atoms with Gasteiger partial charge in [0.1, 0.15) is 0 Å². The summed E-state index contributed by atoms with van der Waals surface area (Å²) in [5.41, 5.74) is -0.0988. The molecule has 74 valence electrons. The highest BCUT2D eigenvalue weighted by Crippen LogP contribution is 2.13. The van der Waals surface area contributed by atoms with Crippen molar-refractivity contribution >= 4 is 11.8 Å². The molecule has 0 aromatic carbocycles. The Hall–Kier alpha value is 0.270. The molecule has 0 aromatic heterocycles. The third-order valence-corrected chi connectivity index (χ3v) is 3.43. The van der Waals surface area contributed by atoms with Crippen LogP contribution in [0.15, 0.2) is 0 Å². The van der Waals surface area contributed by atoms with Crippen LogP contribution in [-0.2, 0) is 0 Å². The van der Waals surface area contributed by atoms with Crippen LogP contribution in [0.2, 0.25) is 0 Å². The largest absolute Gasteiger partial charge is 0.394 e. The van der Waals surface area contributed by atoms with Crippen LogP contribution in [0.5, 0.6) is 0 Å². The lowest BCUT2D eigenvalue weighted by atomic mass is 10.1. The fraction of sp³-hybridized carbons (Fsp3) is 1.00. The molecule has 0 saturated carbocycles. The Kier molecular flexibility index (Phi) is 6.90. The second-order valence-electron chi connectivity index (χ2n) is 3.37. The van der Waals surface area contributed by atoms with E-state index in [9.17, 15) is 0 Å². The minimum absolute atomic E-state index is 0.0988. The van der Waals surface area contributed by atoms with E-state index in [0.717, 1.165) is 5.75 Å². The molecule has 0 aliphatic rings. The highest BCUT2D eigenvalue weighted by molar-refractivity contribution is 7.99. The Morgan fingerprint density at radius 1 is 1.50 bits per heavy atom. The number of aliphatic hydroxyl groups is 1. The maximum absolute atomic E-state index is 9.07. The molecule has 2 N–H and O–H groups in total. The third kappa shape index (κ3) is 5.01. The van der Waals surface area contributed by atoms with Gasteiger partial charge in [-0.05, 0) is 26.1 Å². The summed E-state index contributed by atoms with van der Waals surface area (Å²) in [7, 11) is 1.90. The molecule has 0 rings (SSSR count). The van der Waals surface area contributed by atoms with Crippen molar-refractivity contribution in [2.45, 2.75) is 32.2 Å². The van der Waals surface area contributed by atoms with E-state index >= 15 is 0 Å². The lowest BCUT2D eigenvalue weighted by Gasteiger charge is -2.26. The number of rotatable bonds is 7. The second-order valence-corrected chi connectivity index (χ2v) is 4.48. The van der Waals surface area contributed by atoms with E-state index in [1.807, 2.05) is 25.7 Å². The molecule has 0 aliphatic carbocycles. The van der Waals surface area contributed by atoms with E-state index in [0.29, 0.717) is 0 Å². The lowest BCUT2D eigenvalue weighted by Crippen LogP contribution is -2.45. The average Bonchev–Trinajstić information content (AvgIpc) is 2.12. The van der Waals surface area contributed by atoms with Crippen molar-refractivity contribution in [2.75, 3.05) is 25.2 Å². The maximum atomic E-state index is 9.07. The van der Waals surface area contributed by atoms with Gasteiger partial charge in [0.25, 0.3) is 0 Å². The van der Waals surface area contributed by atoms with Crippen LogP contribution in [0, 0.1) is 0 Å². The van der Waals surface area contributed by atoms with Crippen molar-refractivity contribution in [1.29, 1.82) is 0 Å². The van der Waals surface area contributed by atoms with Crippen LogP contribution in [-0.4, -0.2) is 35.8 Å². The first kappa shape index (κ1) is 12.3. The van der Waals surface area contributed by atoms with Crippen molar-refractivity contribution in [3.63, 3.8) is 0 Å². The Morgan fingerprint density at radius 2 is 2.17 bits per heavy atom. The molecule has 0 aromatic rings. The summed E-state index contributed by atoms with van der Waals surface area (Å²) in [4.78, 5) is 0. The summed E-state index contributed by atoms with van der Waals surface area (Å²) in [6.45, 7) is 4.46. The van der Waals surface area contributed by atoms with Crippen LogP contribution in [0.1, 0.15) is 26.7 Å². The summed E-state index contributed by atoms with van der Waals surface area (Å²) >= 11 is 1.91. The molecule has 1 unspecified atom stereocenters. The lowest BCUT2D eigenvalue weighted by molar-refractivity contribution is 0.200. The molecular formula is C9H21NOS. The van der Waals surface area contributed by atoms with Gasteiger partial charge in [0, 0.05) is 11.3 Å². The van der Waals surface area contributed by atoms with Crippen molar-refractivity contribution in [3.05, 3.63) is 0 Å². The van der Waals surface area contributed by atoms with Gasteiger partial charge >= 0.3 is 0 Å². The smallest absolute Gasteiger partial charge is 0.0618 e. The van der Waals surface area contributed by atoms with Crippen molar-refractivity contribution in [3.8, 4) is 0 Å². The summed E-state index contributed by atoms with van der Waals surface area (Å²) in [6.07, 6.45) is 2.53. The van der Waals surface area contributed by atoms with Crippen molar-refractivity contribution in [2.24, 2.45) is 0 Å². The van der Waals surface area contributed by atoms with E-state index in [1.54, 1.807) is 0 Å². The predicted molar refractivity (Wildman–Crippen MR) is 56.8 cm³/mol. The van der Waals surface area contributed by atoms with E-state index < -0.39 is 0 Å². The van der Waals surface area contributed by atoms with Gasteiger partial charge in [-0.25, -0.2) is 0 Å². The molecule has 0 heterocycles. The number of likely N-dealkylation sites (N-methyl/N-ethyl adjacent to an activating group) is 1. The van der Waals surface area contributed by atoms with E-state index in [2.05, 4.69) is 12.2 Å². The highest BCUT2D eigenvalue weighted by Gasteiger charge is 2.19. The number of hydrogen-bond donors (Lipinski definition) is 2. The van der Waals surface area contributed by atoms with Gasteiger partial charge in [0.15, 0.2) is 0 Å². The Morgan fingerprint density at radius 3 is 2.58 bits per heavy atom. The average molecular weight is 191 g/mol. The Bertz CT molecular complexity index is 105. The molecule has 0 spiro atoms. The van der Waals surface area contributed by atoms with Crippen molar-refractivity contribution < 1.29 is 5.11 Å². The third-order valence-electron chi connectivity index (χ3n) is 2.02. The molecule has 2 nitrogen and oxygen atoms in total. The summed E-state index contributed by atoms with van der Waals surface area (Å²) in [6, 6.07) is 0. The number of hydrogen-bond acceptors (Lipinski definition) is 3. The monoisotopic (exact) mass is 191 g/mol. The first-order valence-electron chi connectivity index (χ1n) is 4.56. The van der Waals surface area contributed by atoms with Crippen LogP contribution in [0.4, 0.5) is 0 Å². The standard InChI is InChI=1S/C9H21NOS/c1-4-5-6-12-8-9(2,7-11)10-3/h10-11H,4-8H2,1-3H3. The van der Waals surface area contributed by atoms with E-state index in [-0.39, 0.29) is 12.1 Å². The van der Waals surface area contributed by atoms with Gasteiger partial charge in [-0.1, -0.05) is 13.3 Å². The van der Waals surface area contributed by atoms with Crippen LogP contribution in [0.3, 0.4) is 0 Å². The molecule has 3 heteroatoms. The first-order valence-corrected chi connectivity index (χ1v) is 5.71. The summed E-state index contributed by atoms with van der Waals surface area (Å²) < 4.78 is 0. The van der Waals surface area contributed by atoms with Gasteiger partial charge in [0.2, 0.25) is 0 Å². The first-order chi connectivity index (χ1) is 5.68. The number of aliphatic hydroxyl groups excluding tert-OH is 1. The topological polar surface area (TPSA) is 32.3 Å². The molecular weight excluding hydrogens is 170 g/mol.